The zero-order valence-corrected chi connectivity index (χ0v) is 13.0. The lowest BCUT2D eigenvalue weighted by Crippen LogP contribution is -2.31. The monoisotopic (exact) mass is 311 g/mol. The van der Waals surface area contributed by atoms with E-state index in [1.807, 2.05) is 30.3 Å². The van der Waals surface area contributed by atoms with Crippen molar-refractivity contribution in [2.75, 3.05) is 6.61 Å². The molecule has 5 heteroatoms. The second kappa shape index (κ2) is 7.33. The Bertz CT molecular complexity index is 654. The molecule has 1 fully saturated rings. The van der Waals surface area contributed by atoms with E-state index in [-0.39, 0.29) is 12.5 Å². The molecule has 1 atom stereocenters. The van der Waals surface area contributed by atoms with E-state index in [1.165, 1.54) is 12.8 Å². The van der Waals surface area contributed by atoms with Crippen molar-refractivity contribution in [2.45, 2.75) is 37.6 Å². The van der Waals surface area contributed by atoms with Crippen LogP contribution in [-0.2, 0) is 0 Å². The van der Waals surface area contributed by atoms with Gasteiger partial charge in [0.1, 0.15) is 11.5 Å². The van der Waals surface area contributed by atoms with E-state index in [4.69, 9.17) is 0 Å². The van der Waals surface area contributed by atoms with Gasteiger partial charge < -0.3 is 10.4 Å². The fraction of sp³-hybridized carbons (Fsp3) is 0.389. The Morgan fingerprint density at radius 3 is 2.65 bits per heavy atom. The van der Waals surface area contributed by atoms with Crippen LogP contribution in [0.5, 0.6) is 0 Å². The summed E-state index contributed by atoms with van der Waals surface area (Å²) in [6, 6.07) is 10.6. The normalized spacial score (nSPS) is 16.2. The molecule has 1 heterocycles. The lowest BCUT2D eigenvalue weighted by molar-refractivity contribution is 0.0910. The zero-order valence-electron chi connectivity index (χ0n) is 13.0. The second-order valence-corrected chi connectivity index (χ2v) is 5.90. The van der Waals surface area contributed by atoms with Crippen LogP contribution < -0.4 is 5.32 Å². The largest absolute Gasteiger partial charge is 0.394 e. The predicted molar refractivity (Wildman–Crippen MR) is 87.0 cm³/mol. The Kier molecular flexibility index (Phi) is 4.98. The van der Waals surface area contributed by atoms with E-state index >= 15 is 0 Å². The van der Waals surface area contributed by atoms with E-state index in [0.717, 1.165) is 24.2 Å². The van der Waals surface area contributed by atoms with Crippen LogP contribution in [0.2, 0.25) is 0 Å². The molecule has 1 aliphatic carbocycles. The average Bonchev–Trinajstić information content (AvgIpc) is 3.15. The van der Waals surface area contributed by atoms with E-state index < -0.39 is 6.04 Å². The number of aliphatic hydroxyl groups is 1. The quantitative estimate of drug-likeness (QED) is 0.890. The van der Waals surface area contributed by atoms with Gasteiger partial charge in [-0.05, 0) is 24.5 Å². The molecule has 1 amide bonds. The van der Waals surface area contributed by atoms with Crippen LogP contribution in [0.3, 0.4) is 0 Å². The molecule has 1 aromatic carbocycles. The minimum Gasteiger partial charge on any atom is -0.394 e. The summed E-state index contributed by atoms with van der Waals surface area (Å²) in [7, 11) is 0. The van der Waals surface area contributed by atoms with Gasteiger partial charge in [0.05, 0.1) is 12.6 Å². The van der Waals surface area contributed by atoms with E-state index in [0.29, 0.717) is 11.6 Å². The molecule has 2 aromatic rings. The Hall–Kier alpha value is -2.27. The third-order valence-corrected chi connectivity index (χ3v) is 4.32. The summed E-state index contributed by atoms with van der Waals surface area (Å²) in [5.74, 6) is 0.843. The molecule has 120 valence electrons. The van der Waals surface area contributed by atoms with Gasteiger partial charge in [-0.25, -0.2) is 9.97 Å². The molecule has 0 saturated heterocycles. The first-order chi connectivity index (χ1) is 11.3. The van der Waals surface area contributed by atoms with Crippen molar-refractivity contribution >= 4 is 5.91 Å². The van der Waals surface area contributed by atoms with Gasteiger partial charge in [0.15, 0.2) is 0 Å². The standard InChI is InChI=1S/C18H21N3O2/c22-12-16(13-6-2-1-3-7-13)21-18(23)15-10-11-19-17(20-15)14-8-4-5-9-14/h1-3,6-7,10-11,14,16,22H,4-5,8-9,12H2,(H,21,23)/t16-/m1/s1. The highest BCUT2D eigenvalue weighted by Crippen LogP contribution is 2.31. The smallest absolute Gasteiger partial charge is 0.270 e. The number of benzene rings is 1. The van der Waals surface area contributed by atoms with Gasteiger partial charge in [0.25, 0.3) is 5.91 Å². The number of aromatic nitrogens is 2. The molecule has 5 nitrogen and oxygen atoms in total. The van der Waals surface area contributed by atoms with Crippen molar-refractivity contribution in [3.05, 3.63) is 59.7 Å². The zero-order chi connectivity index (χ0) is 16.1. The van der Waals surface area contributed by atoms with Crippen molar-refractivity contribution in [1.29, 1.82) is 0 Å². The van der Waals surface area contributed by atoms with Crippen LogP contribution >= 0.6 is 0 Å². The maximum atomic E-state index is 12.4. The molecular weight excluding hydrogens is 290 g/mol. The predicted octanol–water partition coefficient (Wildman–Crippen LogP) is 2.60. The van der Waals surface area contributed by atoms with Gasteiger partial charge in [0.2, 0.25) is 0 Å². The fourth-order valence-corrected chi connectivity index (χ4v) is 3.03. The van der Waals surface area contributed by atoms with Gasteiger partial charge in [-0.1, -0.05) is 43.2 Å². The first kappa shape index (κ1) is 15.6. The van der Waals surface area contributed by atoms with Gasteiger partial charge in [-0.2, -0.15) is 0 Å². The summed E-state index contributed by atoms with van der Waals surface area (Å²) in [5, 5.41) is 12.4. The van der Waals surface area contributed by atoms with E-state index in [9.17, 15) is 9.90 Å². The fourth-order valence-electron chi connectivity index (χ4n) is 3.03. The SMILES string of the molecule is O=C(N[C@H](CO)c1ccccc1)c1ccnc(C2CCCC2)n1. The molecular formula is C18H21N3O2. The molecule has 0 spiro atoms. The number of aliphatic hydroxyl groups excluding tert-OH is 1. The topological polar surface area (TPSA) is 75.1 Å². The number of hydrogen-bond donors (Lipinski definition) is 2. The molecule has 1 aromatic heterocycles. The van der Waals surface area contributed by atoms with Crippen LogP contribution in [0.15, 0.2) is 42.6 Å². The summed E-state index contributed by atoms with van der Waals surface area (Å²) < 4.78 is 0. The number of rotatable bonds is 5. The van der Waals surface area contributed by atoms with Crippen molar-refractivity contribution in [2.24, 2.45) is 0 Å². The molecule has 0 aliphatic heterocycles. The summed E-state index contributed by atoms with van der Waals surface area (Å²) in [6.07, 6.45) is 6.23. The molecule has 1 saturated carbocycles. The lowest BCUT2D eigenvalue weighted by Gasteiger charge is -2.17. The highest BCUT2D eigenvalue weighted by atomic mass is 16.3. The van der Waals surface area contributed by atoms with Crippen LogP contribution in [-0.4, -0.2) is 27.6 Å². The first-order valence-corrected chi connectivity index (χ1v) is 8.07. The molecule has 0 bridgehead atoms. The minimum atomic E-state index is -0.436. The van der Waals surface area contributed by atoms with Gasteiger partial charge in [0, 0.05) is 12.1 Å². The molecule has 0 radical (unpaired) electrons. The second-order valence-electron chi connectivity index (χ2n) is 5.90. The van der Waals surface area contributed by atoms with Crippen LogP contribution in [0.4, 0.5) is 0 Å². The van der Waals surface area contributed by atoms with Crippen molar-refractivity contribution in [1.82, 2.24) is 15.3 Å². The maximum absolute atomic E-state index is 12.4. The Morgan fingerprint density at radius 2 is 1.96 bits per heavy atom. The van der Waals surface area contributed by atoms with Gasteiger partial charge in [-0.15, -0.1) is 0 Å². The number of carbonyl (C=O) groups is 1. The third kappa shape index (κ3) is 3.74. The third-order valence-electron chi connectivity index (χ3n) is 4.32. The minimum absolute atomic E-state index is 0.156. The molecule has 23 heavy (non-hydrogen) atoms. The van der Waals surface area contributed by atoms with E-state index in [2.05, 4.69) is 15.3 Å². The van der Waals surface area contributed by atoms with Crippen molar-refractivity contribution in [3.63, 3.8) is 0 Å². The van der Waals surface area contributed by atoms with E-state index in [1.54, 1.807) is 12.3 Å². The first-order valence-electron chi connectivity index (χ1n) is 8.07. The highest BCUT2D eigenvalue weighted by molar-refractivity contribution is 5.92. The van der Waals surface area contributed by atoms with Gasteiger partial charge in [-0.3, -0.25) is 4.79 Å². The summed E-state index contributed by atoms with van der Waals surface area (Å²) in [4.78, 5) is 21.2. The lowest BCUT2D eigenvalue weighted by atomic mass is 10.1. The molecule has 2 N–H and O–H groups in total. The highest BCUT2D eigenvalue weighted by Gasteiger charge is 2.21. The Labute approximate surface area is 135 Å². The Balaban J connectivity index is 1.73. The average molecular weight is 311 g/mol. The van der Waals surface area contributed by atoms with Gasteiger partial charge >= 0.3 is 0 Å². The molecule has 0 unspecified atom stereocenters. The summed E-state index contributed by atoms with van der Waals surface area (Å²) in [6.45, 7) is -0.156. The van der Waals surface area contributed by atoms with Crippen molar-refractivity contribution in [3.8, 4) is 0 Å². The maximum Gasteiger partial charge on any atom is 0.270 e. The summed E-state index contributed by atoms with van der Waals surface area (Å²) in [5.41, 5.74) is 1.23. The molecule has 3 rings (SSSR count). The number of nitrogens with zero attached hydrogens (tertiary/aromatic N) is 2. The number of hydrogen-bond acceptors (Lipinski definition) is 4. The van der Waals surface area contributed by atoms with Crippen molar-refractivity contribution < 1.29 is 9.90 Å². The number of amides is 1. The molecule has 1 aliphatic rings. The number of nitrogens with one attached hydrogen (secondary N) is 1. The van der Waals surface area contributed by atoms with Crippen LogP contribution in [0.1, 0.15) is 59.5 Å². The Morgan fingerprint density at radius 1 is 1.22 bits per heavy atom. The summed E-state index contributed by atoms with van der Waals surface area (Å²) >= 11 is 0. The van der Waals surface area contributed by atoms with Crippen LogP contribution in [0, 0.1) is 0 Å². The van der Waals surface area contributed by atoms with Crippen LogP contribution in [0.25, 0.3) is 0 Å². The number of carbonyl (C=O) groups excluding carboxylic acids is 1.